The molecule has 6 heteroatoms. The Balaban J connectivity index is 1.35. The summed E-state index contributed by atoms with van der Waals surface area (Å²) in [6, 6.07) is 11.8. The molecule has 2 bridgehead atoms. The highest BCUT2D eigenvalue weighted by atomic mass is 16.3. The van der Waals surface area contributed by atoms with Gasteiger partial charge in [-0.15, -0.1) is 10.2 Å². The Morgan fingerprint density at radius 2 is 1.86 bits per heavy atom. The summed E-state index contributed by atoms with van der Waals surface area (Å²) in [5, 5.41) is 23.5. The molecule has 144 valence electrons. The van der Waals surface area contributed by atoms with Crippen LogP contribution < -0.4 is 4.90 Å². The Kier molecular flexibility index (Phi) is 4.26. The fraction of sp³-hybridized carbons (Fsp3) is 0.409. The zero-order valence-corrected chi connectivity index (χ0v) is 16.1. The molecule has 0 spiro atoms. The molecule has 1 aromatic carbocycles. The van der Waals surface area contributed by atoms with Crippen LogP contribution in [0.15, 0.2) is 48.8 Å². The average Bonchev–Trinajstić information content (AvgIpc) is 3.37. The lowest BCUT2D eigenvalue weighted by atomic mass is 9.85. The van der Waals surface area contributed by atoms with Gasteiger partial charge < -0.3 is 10.0 Å². The number of anilines is 1. The first-order chi connectivity index (χ1) is 13.7. The lowest BCUT2D eigenvalue weighted by molar-refractivity contribution is 0.312. The molecule has 0 aliphatic heterocycles. The van der Waals surface area contributed by atoms with Gasteiger partial charge in [-0.1, -0.05) is 12.8 Å². The van der Waals surface area contributed by atoms with Crippen LogP contribution in [0.25, 0.3) is 16.9 Å². The number of fused-ring (bicyclic) bond motifs is 2. The highest BCUT2D eigenvalue weighted by Crippen LogP contribution is 2.43. The highest BCUT2D eigenvalue weighted by Gasteiger charge is 2.36. The van der Waals surface area contributed by atoms with Crippen LogP contribution in [0.2, 0.25) is 0 Å². The minimum absolute atomic E-state index is 0.173. The second-order valence-corrected chi connectivity index (χ2v) is 8.21. The van der Waals surface area contributed by atoms with Gasteiger partial charge in [0.1, 0.15) is 5.75 Å². The van der Waals surface area contributed by atoms with Crippen molar-refractivity contribution in [2.75, 3.05) is 11.9 Å². The van der Waals surface area contributed by atoms with Gasteiger partial charge in [-0.3, -0.25) is 0 Å². The first-order valence-electron chi connectivity index (χ1n) is 10.1. The van der Waals surface area contributed by atoms with Gasteiger partial charge in [-0.2, -0.15) is 5.10 Å². The molecule has 0 radical (unpaired) electrons. The van der Waals surface area contributed by atoms with E-state index < -0.39 is 0 Å². The minimum Gasteiger partial charge on any atom is -0.507 e. The highest BCUT2D eigenvalue weighted by molar-refractivity contribution is 5.69. The third-order valence-electron chi connectivity index (χ3n) is 6.45. The average molecular weight is 375 g/mol. The molecular formula is C22H25N5O. The number of phenols is 1. The number of aromatic hydroxyl groups is 1. The van der Waals surface area contributed by atoms with Crippen molar-refractivity contribution in [1.82, 2.24) is 20.0 Å². The fourth-order valence-corrected chi connectivity index (χ4v) is 4.93. The number of hydrogen-bond acceptors (Lipinski definition) is 5. The van der Waals surface area contributed by atoms with Crippen molar-refractivity contribution < 1.29 is 5.11 Å². The van der Waals surface area contributed by atoms with E-state index in [0.717, 1.165) is 23.3 Å². The molecular weight excluding hydrogens is 350 g/mol. The standard InChI is InChI=1S/C22H25N5O/c1-26(18-12-15-3-4-16(11-15)13-18)22-8-7-20(24-25-22)19-6-5-17(14-21(19)28)27-10-2-9-23-27/h2,5-10,14-16,18,28H,3-4,11-13H2,1H3/t15-,16?,18+/m0/s1. The quantitative estimate of drug-likeness (QED) is 0.745. The summed E-state index contributed by atoms with van der Waals surface area (Å²) < 4.78 is 1.71. The summed E-state index contributed by atoms with van der Waals surface area (Å²) in [7, 11) is 2.13. The predicted octanol–water partition coefficient (Wildman–Crippen LogP) is 4.05. The van der Waals surface area contributed by atoms with Crippen LogP contribution >= 0.6 is 0 Å². The van der Waals surface area contributed by atoms with Gasteiger partial charge in [0, 0.05) is 37.1 Å². The van der Waals surface area contributed by atoms with Gasteiger partial charge in [0.25, 0.3) is 0 Å². The Labute approximate surface area is 164 Å². The second kappa shape index (κ2) is 6.93. The molecule has 0 amide bonds. The van der Waals surface area contributed by atoms with Gasteiger partial charge in [0.15, 0.2) is 5.82 Å². The smallest absolute Gasteiger partial charge is 0.151 e. The monoisotopic (exact) mass is 375 g/mol. The molecule has 0 saturated heterocycles. The first kappa shape index (κ1) is 17.2. The number of phenolic OH excluding ortho intramolecular Hbond substituents is 1. The summed E-state index contributed by atoms with van der Waals surface area (Å²) in [4.78, 5) is 2.29. The summed E-state index contributed by atoms with van der Waals surface area (Å²) in [5.41, 5.74) is 2.15. The Bertz CT molecular complexity index is 942. The van der Waals surface area contributed by atoms with E-state index in [0.29, 0.717) is 17.3 Å². The van der Waals surface area contributed by atoms with Crippen LogP contribution in [-0.2, 0) is 0 Å². The van der Waals surface area contributed by atoms with Gasteiger partial charge in [0.05, 0.1) is 11.4 Å². The number of aromatic nitrogens is 4. The normalized spacial score (nSPS) is 23.7. The summed E-state index contributed by atoms with van der Waals surface area (Å²) in [6.07, 6.45) is 10.3. The van der Waals surface area contributed by atoms with Crippen LogP contribution in [0.1, 0.15) is 32.1 Å². The largest absolute Gasteiger partial charge is 0.507 e. The van der Waals surface area contributed by atoms with Crippen molar-refractivity contribution in [3.8, 4) is 22.7 Å². The summed E-state index contributed by atoms with van der Waals surface area (Å²) in [5.74, 6) is 2.86. The topological polar surface area (TPSA) is 67.1 Å². The Morgan fingerprint density at radius 3 is 2.50 bits per heavy atom. The molecule has 2 heterocycles. The van der Waals surface area contributed by atoms with Crippen LogP contribution in [-0.4, -0.2) is 38.2 Å². The van der Waals surface area contributed by atoms with E-state index >= 15 is 0 Å². The molecule has 5 rings (SSSR count). The number of hydrogen-bond donors (Lipinski definition) is 1. The lowest BCUT2D eigenvalue weighted by Gasteiger charge is -2.35. The van der Waals surface area contributed by atoms with E-state index in [2.05, 4.69) is 27.2 Å². The molecule has 2 aromatic heterocycles. The van der Waals surface area contributed by atoms with E-state index in [1.165, 1.54) is 32.1 Å². The van der Waals surface area contributed by atoms with Gasteiger partial charge >= 0.3 is 0 Å². The maximum Gasteiger partial charge on any atom is 0.151 e. The van der Waals surface area contributed by atoms with Crippen molar-refractivity contribution in [1.29, 1.82) is 0 Å². The van der Waals surface area contributed by atoms with E-state index in [9.17, 15) is 5.11 Å². The number of rotatable bonds is 4. The van der Waals surface area contributed by atoms with Crippen molar-refractivity contribution >= 4 is 5.82 Å². The van der Waals surface area contributed by atoms with Crippen LogP contribution in [0.4, 0.5) is 5.82 Å². The molecule has 1 N–H and O–H groups in total. The zero-order chi connectivity index (χ0) is 19.1. The Hall–Kier alpha value is -2.89. The third-order valence-corrected chi connectivity index (χ3v) is 6.45. The molecule has 3 atom stereocenters. The summed E-state index contributed by atoms with van der Waals surface area (Å²) in [6.45, 7) is 0. The van der Waals surface area contributed by atoms with Crippen molar-refractivity contribution in [3.63, 3.8) is 0 Å². The number of nitrogens with zero attached hydrogens (tertiary/aromatic N) is 5. The van der Waals surface area contributed by atoms with Crippen molar-refractivity contribution in [2.24, 2.45) is 11.8 Å². The first-order valence-corrected chi connectivity index (χ1v) is 10.1. The second-order valence-electron chi connectivity index (χ2n) is 8.21. The molecule has 28 heavy (non-hydrogen) atoms. The lowest BCUT2D eigenvalue weighted by Crippen LogP contribution is -2.37. The molecule has 2 aliphatic rings. The van der Waals surface area contributed by atoms with Gasteiger partial charge in [-0.05, 0) is 61.4 Å². The van der Waals surface area contributed by atoms with E-state index in [1.54, 1.807) is 16.9 Å². The maximum atomic E-state index is 10.5. The van der Waals surface area contributed by atoms with Gasteiger partial charge in [-0.25, -0.2) is 4.68 Å². The molecule has 1 unspecified atom stereocenters. The van der Waals surface area contributed by atoms with Crippen molar-refractivity contribution in [2.45, 2.75) is 38.1 Å². The minimum atomic E-state index is 0.173. The molecule has 2 aliphatic carbocycles. The number of benzene rings is 1. The van der Waals surface area contributed by atoms with E-state index in [-0.39, 0.29) is 5.75 Å². The predicted molar refractivity (Wildman–Crippen MR) is 109 cm³/mol. The fourth-order valence-electron chi connectivity index (χ4n) is 4.93. The van der Waals surface area contributed by atoms with Crippen LogP contribution in [0.3, 0.4) is 0 Å². The molecule has 2 fully saturated rings. The van der Waals surface area contributed by atoms with Gasteiger partial charge in [0.2, 0.25) is 0 Å². The SMILES string of the molecule is CN(c1ccc(-c2ccc(-n3cccn3)cc2O)nn1)[C@H]1CC2CC[C@@H](C2)C1. The maximum absolute atomic E-state index is 10.5. The Morgan fingerprint density at radius 1 is 1.04 bits per heavy atom. The van der Waals surface area contributed by atoms with Crippen molar-refractivity contribution in [3.05, 3.63) is 48.8 Å². The van der Waals surface area contributed by atoms with E-state index in [1.807, 2.05) is 36.5 Å². The molecule has 6 nitrogen and oxygen atoms in total. The van der Waals surface area contributed by atoms with Crippen LogP contribution in [0.5, 0.6) is 5.75 Å². The summed E-state index contributed by atoms with van der Waals surface area (Å²) >= 11 is 0. The third kappa shape index (κ3) is 3.13. The molecule has 3 aromatic rings. The zero-order valence-electron chi connectivity index (χ0n) is 16.1. The molecule has 2 saturated carbocycles. The van der Waals surface area contributed by atoms with E-state index in [4.69, 9.17) is 0 Å². The van der Waals surface area contributed by atoms with Crippen LogP contribution in [0, 0.1) is 11.8 Å².